The third kappa shape index (κ3) is 2.06. The third-order valence-electron chi connectivity index (χ3n) is 2.85. The Morgan fingerprint density at radius 2 is 2.09 bits per heavy atom. The van der Waals surface area contributed by atoms with Crippen LogP contribution in [0.15, 0.2) is 12.2 Å². The SMILES string of the molecule is C=C(C)[C@@H]1CCC(C)[C@H](O)C1. The van der Waals surface area contributed by atoms with Gasteiger partial charge in [-0.25, -0.2) is 0 Å². The van der Waals surface area contributed by atoms with E-state index in [4.69, 9.17) is 0 Å². The van der Waals surface area contributed by atoms with E-state index in [-0.39, 0.29) is 6.10 Å². The van der Waals surface area contributed by atoms with Gasteiger partial charge in [0.2, 0.25) is 0 Å². The zero-order chi connectivity index (χ0) is 8.43. The Morgan fingerprint density at radius 1 is 1.45 bits per heavy atom. The summed E-state index contributed by atoms with van der Waals surface area (Å²) in [6.07, 6.45) is 3.20. The van der Waals surface area contributed by atoms with E-state index in [9.17, 15) is 5.11 Å². The van der Waals surface area contributed by atoms with Gasteiger partial charge in [0.25, 0.3) is 0 Å². The molecule has 0 saturated heterocycles. The van der Waals surface area contributed by atoms with Crippen molar-refractivity contribution in [1.29, 1.82) is 0 Å². The molecule has 64 valence electrons. The van der Waals surface area contributed by atoms with E-state index < -0.39 is 0 Å². The van der Waals surface area contributed by atoms with E-state index in [1.165, 1.54) is 12.0 Å². The molecule has 1 nitrogen and oxygen atoms in total. The second-order valence-electron chi connectivity index (χ2n) is 3.90. The highest BCUT2D eigenvalue weighted by Gasteiger charge is 2.25. The summed E-state index contributed by atoms with van der Waals surface area (Å²) in [5.74, 6) is 1.06. The molecule has 1 aliphatic rings. The van der Waals surface area contributed by atoms with E-state index in [0.717, 1.165) is 12.8 Å². The Morgan fingerprint density at radius 3 is 2.55 bits per heavy atom. The number of rotatable bonds is 1. The maximum atomic E-state index is 9.56. The van der Waals surface area contributed by atoms with Crippen molar-refractivity contribution < 1.29 is 5.11 Å². The first-order valence-electron chi connectivity index (χ1n) is 4.44. The van der Waals surface area contributed by atoms with Crippen molar-refractivity contribution in [1.82, 2.24) is 0 Å². The van der Waals surface area contributed by atoms with Gasteiger partial charge in [-0.3, -0.25) is 0 Å². The number of aliphatic hydroxyl groups excluding tert-OH is 1. The second kappa shape index (κ2) is 3.40. The fourth-order valence-electron chi connectivity index (χ4n) is 1.75. The van der Waals surface area contributed by atoms with Gasteiger partial charge in [0.1, 0.15) is 0 Å². The highest BCUT2D eigenvalue weighted by Crippen LogP contribution is 2.32. The maximum absolute atomic E-state index is 9.56. The summed E-state index contributed by atoms with van der Waals surface area (Å²) in [7, 11) is 0. The standard InChI is InChI=1S/C10H18O/c1-7(2)9-5-4-8(3)10(11)6-9/h8-11H,1,4-6H2,2-3H3/t8?,9-,10-/m1/s1. The first-order valence-corrected chi connectivity index (χ1v) is 4.44. The van der Waals surface area contributed by atoms with Gasteiger partial charge in [0.15, 0.2) is 0 Å². The molecule has 3 atom stereocenters. The molecule has 0 aliphatic heterocycles. The first kappa shape index (κ1) is 8.79. The zero-order valence-electron chi connectivity index (χ0n) is 7.51. The minimum atomic E-state index is -0.0922. The normalized spacial score (nSPS) is 38.6. The van der Waals surface area contributed by atoms with Crippen LogP contribution in [0.1, 0.15) is 33.1 Å². The van der Waals surface area contributed by atoms with Crippen molar-refractivity contribution in [2.75, 3.05) is 0 Å². The molecule has 1 N–H and O–H groups in total. The van der Waals surface area contributed by atoms with Crippen LogP contribution >= 0.6 is 0 Å². The molecular formula is C10H18O. The predicted molar refractivity (Wildman–Crippen MR) is 47.3 cm³/mol. The van der Waals surface area contributed by atoms with E-state index >= 15 is 0 Å². The lowest BCUT2D eigenvalue weighted by Crippen LogP contribution is -2.27. The lowest BCUT2D eigenvalue weighted by atomic mass is 9.78. The molecule has 1 aliphatic carbocycles. The first-order chi connectivity index (χ1) is 5.11. The molecule has 1 rings (SSSR count). The van der Waals surface area contributed by atoms with E-state index in [1.54, 1.807) is 0 Å². The summed E-state index contributed by atoms with van der Waals surface area (Å²) in [6.45, 7) is 8.11. The molecule has 0 aromatic carbocycles. The van der Waals surface area contributed by atoms with Crippen LogP contribution in [-0.4, -0.2) is 11.2 Å². The fourth-order valence-corrected chi connectivity index (χ4v) is 1.75. The van der Waals surface area contributed by atoms with Gasteiger partial charge in [0.05, 0.1) is 6.10 Å². The van der Waals surface area contributed by atoms with Crippen LogP contribution < -0.4 is 0 Å². The van der Waals surface area contributed by atoms with E-state index in [1.807, 2.05) is 0 Å². The maximum Gasteiger partial charge on any atom is 0.0571 e. The lowest BCUT2D eigenvalue weighted by Gasteiger charge is -2.31. The average molecular weight is 154 g/mol. The number of hydrogen-bond acceptors (Lipinski definition) is 1. The summed E-state index contributed by atoms with van der Waals surface area (Å²) < 4.78 is 0. The van der Waals surface area contributed by atoms with Crippen molar-refractivity contribution in [3.8, 4) is 0 Å². The number of aliphatic hydroxyl groups is 1. The average Bonchev–Trinajstić information content (AvgIpc) is 1.94. The second-order valence-corrected chi connectivity index (χ2v) is 3.90. The topological polar surface area (TPSA) is 20.2 Å². The summed E-state index contributed by atoms with van der Waals surface area (Å²) in [5, 5.41) is 9.56. The van der Waals surface area contributed by atoms with Gasteiger partial charge in [-0.1, -0.05) is 19.1 Å². The molecule has 0 amide bonds. The van der Waals surface area contributed by atoms with E-state index in [0.29, 0.717) is 11.8 Å². The van der Waals surface area contributed by atoms with Crippen LogP contribution in [0.3, 0.4) is 0 Å². The quantitative estimate of drug-likeness (QED) is 0.575. The minimum Gasteiger partial charge on any atom is -0.393 e. The van der Waals surface area contributed by atoms with Gasteiger partial charge in [-0.05, 0) is 38.0 Å². The van der Waals surface area contributed by atoms with Crippen LogP contribution in [-0.2, 0) is 0 Å². The van der Waals surface area contributed by atoms with Crippen LogP contribution in [0.5, 0.6) is 0 Å². The largest absolute Gasteiger partial charge is 0.393 e. The summed E-state index contributed by atoms with van der Waals surface area (Å²) in [6, 6.07) is 0. The molecule has 0 spiro atoms. The molecule has 1 unspecified atom stereocenters. The molecule has 1 saturated carbocycles. The van der Waals surface area contributed by atoms with Gasteiger partial charge in [-0.15, -0.1) is 0 Å². The summed E-state index contributed by atoms with van der Waals surface area (Å²) in [4.78, 5) is 0. The van der Waals surface area contributed by atoms with Crippen molar-refractivity contribution in [3.05, 3.63) is 12.2 Å². The fraction of sp³-hybridized carbons (Fsp3) is 0.800. The number of allylic oxidation sites excluding steroid dienone is 1. The molecule has 0 aromatic heterocycles. The van der Waals surface area contributed by atoms with Crippen molar-refractivity contribution >= 4 is 0 Å². The third-order valence-corrected chi connectivity index (χ3v) is 2.85. The monoisotopic (exact) mass is 154 g/mol. The molecule has 0 aromatic rings. The van der Waals surface area contributed by atoms with Gasteiger partial charge >= 0.3 is 0 Å². The predicted octanol–water partition coefficient (Wildman–Crippen LogP) is 2.36. The van der Waals surface area contributed by atoms with Gasteiger partial charge in [-0.2, -0.15) is 0 Å². The van der Waals surface area contributed by atoms with Gasteiger partial charge in [0, 0.05) is 0 Å². The minimum absolute atomic E-state index is 0.0922. The Labute approximate surface area is 69.1 Å². The molecule has 0 bridgehead atoms. The molecule has 11 heavy (non-hydrogen) atoms. The molecule has 0 radical (unpaired) electrons. The zero-order valence-corrected chi connectivity index (χ0v) is 7.51. The molecule has 1 heteroatoms. The Bertz CT molecular complexity index is 151. The molecule has 1 fully saturated rings. The van der Waals surface area contributed by atoms with Gasteiger partial charge < -0.3 is 5.11 Å². The van der Waals surface area contributed by atoms with Crippen LogP contribution in [0.25, 0.3) is 0 Å². The summed E-state index contributed by atoms with van der Waals surface area (Å²) in [5.41, 5.74) is 1.23. The highest BCUT2D eigenvalue weighted by atomic mass is 16.3. The van der Waals surface area contributed by atoms with Crippen molar-refractivity contribution in [2.24, 2.45) is 11.8 Å². The summed E-state index contributed by atoms with van der Waals surface area (Å²) >= 11 is 0. The lowest BCUT2D eigenvalue weighted by molar-refractivity contribution is 0.0614. The molecule has 0 heterocycles. The Balaban J connectivity index is 2.46. The van der Waals surface area contributed by atoms with Crippen LogP contribution in [0.2, 0.25) is 0 Å². The van der Waals surface area contributed by atoms with Crippen molar-refractivity contribution in [2.45, 2.75) is 39.2 Å². The van der Waals surface area contributed by atoms with Crippen LogP contribution in [0.4, 0.5) is 0 Å². The van der Waals surface area contributed by atoms with Crippen LogP contribution in [0, 0.1) is 11.8 Å². The van der Waals surface area contributed by atoms with E-state index in [2.05, 4.69) is 20.4 Å². The highest BCUT2D eigenvalue weighted by molar-refractivity contribution is 4.99. The number of hydrogen-bond donors (Lipinski definition) is 1. The molecular weight excluding hydrogens is 136 g/mol. The Kier molecular flexibility index (Phi) is 2.72. The smallest absolute Gasteiger partial charge is 0.0571 e. The Hall–Kier alpha value is -0.300. The van der Waals surface area contributed by atoms with Crippen molar-refractivity contribution in [3.63, 3.8) is 0 Å².